The van der Waals surface area contributed by atoms with Crippen LogP contribution in [0.2, 0.25) is 0 Å². The summed E-state index contributed by atoms with van der Waals surface area (Å²) in [5.41, 5.74) is 0.739. The quantitative estimate of drug-likeness (QED) is 0.360. The molecule has 8 heteroatoms. The molecule has 36 heavy (non-hydrogen) atoms. The van der Waals surface area contributed by atoms with Gasteiger partial charge in [-0.2, -0.15) is 0 Å². The number of aromatic carboxylic acids is 1. The summed E-state index contributed by atoms with van der Waals surface area (Å²) in [7, 11) is 0. The van der Waals surface area contributed by atoms with E-state index in [0.717, 1.165) is 28.0 Å². The van der Waals surface area contributed by atoms with Crippen molar-refractivity contribution in [2.75, 3.05) is 13.2 Å². The molecule has 2 aliphatic heterocycles. The molecule has 6 rings (SSSR count). The molecule has 0 bridgehead atoms. The maximum absolute atomic E-state index is 12.3. The van der Waals surface area contributed by atoms with Gasteiger partial charge in [0.25, 0.3) is 0 Å². The second-order valence-electron chi connectivity index (χ2n) is 8.74. The van der Waals surface area contributed by atoms with Crippen molar-refractivity contribution in [1.82, 2.24) is 0 Å². The number of hydrogen-bond acceptors (Lipinski definition) is 7. The van der Waals surface area contributed by atoms with Crippen molar-refractivity contribution in [1.29, 1.82) is 0 Å². The lowest BCUT2D eigenvalue weighted by Crippen LogP contribution is -2.32. The Morgan fingerprint density at radius 1 is 0.750 bits per heavy atom. The van der Waals surface area contributed by atoms with E-state index in [4.69, 9.17) is 19.3 Å². The van der Waals surface area contributed by atoms with E-state index < -0.39 is 5.97 Å². The van der Waals surface area contributed by atoms with E-state index in [-0.39, 0.29) is 41.3 Å². The molecule has 0 amide bonds. The lowest BCUT2D eigenvalue weighted by atomic mass is 10.1. The number of aromatic hydroxyl groups is 2. The average molecular weight is 488 g/mol. The van der Waals surface area contributed by atoms with Crippen LogP contribution < -0.4 is 0 Å². The van der Waals surface area contributed by atoms with Gasteiger partial charge >= 0.3 is 11.9 Å². The first-order valence-corrected chi connectivity index (χ1v) is 11.5. The summed E-state index contributed by atoms with van der Waals surface area (Å²) in [6.07, 6.45) is 0.437. The van der Waals surface area contributed by atoms with Crippen molar-refractivity contribution in [2.24, 2.45) is 0 Å². The Bertz CT molecular complexity index is 1450. The van der Waals surface area contributed by atoms with E-state index in [2.05, 4.69) is 0 Å². The highest BCUT2D eigenvalue weighted by atomic mass is 16.6. The van der Waals surface area contributed by atoms with E-state index in [1.54, 1.807) is 60.7 Å². The molecule has 0 radical (unpaired) electrons. The van der Waals surface area contributed by atoms with Crippen molar-refractivity contribution in [3.05, 3.63) is 83.9 Å². The maximum atomic E-state index is 12.3. The second kappa shape index (κ2) is 9.85. The number of phenols is 2. The number of benzene rings is 4. The van der Waals surface area contributed by atoms with Gasteiger partial charge < -0.3 is 29.5 Å². The fraction of sp³-hybridized carbons (Fsp3) is 0.214. The maximum Gasteiger partial charge on any atom is 0.338 e. The third-order valence-corrected chi connectivity index (χ3v) is 6.31. The van der Waals surface area contributed by atoms with Crippen LogP contribution in [0.3, 0.4) is 0 Å². The number of rotatable bonds is 3. The Morgan fingerprint density at radius 2 is 1.31 bits per heavy atom. The Kier molecular flexibility index (Phi) is 6.45. The average Bonchev–Trinajstić information content (AvgIpc) is 3.49. The Hall–Kier alpha value is -4.14. The third kappa shape index (κ3) is 4.95. The van der Waals surface area contributed by atoms with Crippen molar-refractivity contribution in [3.8, 4) is 11.5 Å². The molecular formula is C28H24O8. The molecule has 2 fully saturated rings. The summed E-state index contributed by atoms with van der Waals surface area (Å²) in [5, 5.41) is 30.8. The normalized spacial score (nSPS) is 20.5. The van der Waals surface area contributed by atoms with Crippen LogP contribution in [0, 0.1) is 0 Å². The predicted octanol–water partition coefficient (Wildman–Crippen LogP) is 4.50. The van der Waals surface area contributed by atoms with Crippen LogP contribution in [0.25, 0.3) is 21.5 Å². The van der Waals surface area contributed by atoms with Crippen molar-refractivity contribution in [2.45, 2.75) is 24.7 Å². The number of carbonyl (C=O) groups excluding carboxylic acids is 1. The van der Waals surface area contributed by atoms with Gasteiger partial charge in [-0.25, -0.2) is 9.59 Å². The fourth-order valence-electron chi connectivity index (χ4n) is 4.46. The van der Waals surface area contributed by atoms with Crippen LogP contribution in [-0.4, -0.2) is 58.8 Å². The zero-order valence-electron chi connectivity index (χ0n) is 19.2. The second-order valence-corrected chi connectivity index (χ2v) is 8.74. The minimum atomic E-state index is -0.944. The van der Waals surface area contributed by atoms with Crippen LogP contribution in [0.15, 0.2) is 72.8 Å². The van der Waals surface area contributed by atoms with Crippen LogP contribution in [0.1, 0.15) is 27.1 Å². The number of carboxylic acids is 1. The molecule has 4 aromatic rings. The third-order valence-electron chi connectivity index (χ3n) is 6.31. The predicted molar refractivity (Wildman–Crippen MR) is 131 cm³/mol. The van der Waals surface area contributed by atoms with Crippen LogP contribution in [0.5, 0.6) is 11.5 Å². The Labute approximate surface area is 206 Å². The van der Waals surface area contributed by atoms with Gasteiger partial charge in [-0.05, 0) is 76.5 Å². The van der Waals surface area contributed by atoms with Crippen LogP contribution in [0.4, 0.5) is 0 Å². The van der Waals surface area contributed by atoms with E-state index in [0.29, 0.717) is 18.8 Å². The SMILES string of the molecule is O=C(O)c1ccc2cc(O)ccc2c1.O=C(OC1CO[C@@H]2CCO[C@H]12)c1ccc2cc(O)ccc2c1. The summed E-state index contributed by atoms with van der Waals surface area (Å²) >= 11 is 0. The summed E-state index contributed by atoms with van der Waals surface area (Å²) in [6.45, 7) is 1.05. The van der Waals surface area contributed by atoms with E-state index in [9.17, 15) is 19.8 Å². The molecule has 2 heterocycles. The largest absolute Gasteiger partial charge is 0.508 e. The molecule has 8 nitrogen and oxygen atoms in total. The van der Waals surface area contributed by atoms with E-state index in [1.807, 2.05) is 0 Å². The highest BCUT2D eigenvalue weighted by molar-refractivity contribution is 5.96. The minimum absolute atomic E-state index is 0.0531. The van der Waals surface area contributed by atoms with Crippen molar-refractivity contribution in [3.63, 3.8) is 0 Å². The zero-order valence-corrected chi connectivity index (χ0v) is 19.2. The molecule has 0 aliphatic carbocycles. The molecule has 3 atom stereocenters. The summed E-state index contributed by atoms with van der Waals surface area (Å²) in [5.74, 6) is -0.935. The first kappa shape index (κ1) is 23.6. The Balaban J connectivity index is 0.000000165. The summed E-state index contributed by atoms with van der Waals surface area (Å²) < 4.78 is 16.7. The number of phenolic OH excluding ortho intramolecular Hbond substituents is 2. The highest BCUT2D eigenvalue weighted by Crippen LogP contribution is 2.29. The van der Waals surface area contributed by atoms with Crippen molar-refractivity contribution < 1.29 is 39.1 Å². The molecule has 1 unspecified atom stereocenters. The fourth-order valence-corrected chi connectivity index (χ4v) is 4.46. The van der Waals surface area contributed by atoms with Gasteiger partial charge in [0.2, 0.25) is 0 Å². The first-order chi connectivity index (χ1) is 17.4. The van der Waals surface area contributed by atoms with Gasteiger partial charge in [-0.3, -0.25) is 0 Å². The van der Waals surface area contributed by atoms with Gasteiger partial charge in [-0.15, -0.1) is 0 Å². The molecule has 184 valence electrons. The first-order valence-electron chi connectivity index (χ1n) is 11.5. The van der Waals surface area contributed by atoms with Gasteiger partial charge in [0.15, 0.2) is 6.10 Å². The lowest BCUT2D eigenvalue weighted by molar-refractivity contribution is -0.0147. The number of carbonyl (C=O) groups is 2. The monoisotopic (exact) mass is 488 g/mol. The smallest absolute Gasteiger partial charge is 0.338 e. The van der Waals surface area contributed by atoms with Crippen LogP contribution >= 0.6 is 0 Å². The summed E-state index contributed by atoms with van der Waals surface area (Å²) in [4.78, 5) is 23.0. The lowest BCUT2D eigenvalue weighted by Gasteiger charge is -2.16. The number of fused-ring (bicyclic) bond motifs is 3. The van der Waals surface area contributed by atoms with Gasteiger partial charge in [0.05, 0.1) is 23.8 Å². The molecule has 2 saturated heterocycles. The van der Waals surface area contributed by atoms with Crippen LogP contribution in [-0.2, 0) is 14.2 Å². The van der Waals surface area contributed by atoms with Crippen molar-refractivity contribution >= 4 is 33.5 Å². The number of hydrogen-bond donors (Lipinski definition) is 3. The number of carboxylic acid groups (broad SMARTS) is 1. The Morgan fingerprint density at radius 3 is 1.94 bits per heavy atom. The molecule has 4 aromatic carbocycles. The summed E-state index contributed by atoms with van der Waals surface area (Å²) in [6, 6.07) is 19.9. The minimum Gasteiger partial charge on any atom is -0.508 e. The number of esters is 1. The molecular weight excluding hydrogens is 464 g/mol. The zero-order chi connectivity index (χ0) is 25.2. The topological polar surface area (TPSA) is 123 Å². The standard InChI is InChI=1S/C17H16O5.C11H8O3/c18-13-4-3-10-7-12(2-1-11(10)8-13)17(19)22-15-9-21-14-5-6-20-16(14)15;12-10-4-3-7-5-9(11(13)14)2-1-8(7)6-10/h1-4,7-8,14-16,18H,5-6,9H2;1-6,12H,(H,13,14)/t14-,15?,16+;/m1./s1. The van der Waals surface area contributed by atoms with Gasteiger partial charge in [-0.1, -0.05) is 24.3 Å². The van der Waals surface area contributed by atoms with Gasteiger partial charge in [0.1, 0.15) is 17.6 Å². The van der Waals surface area contributed by atoms with Gasteiger partial charge in [0, 0.05) is 6.61 Å². The molecule has 0 aromatic heterocycles. The molecule has 0 spiro atoms. The highest BCUT2D eigenvalue weighted by Gasteiger charge is 2.44. The molecule has 0 saturated carbocycles. The van der Waals surface area contributed by atoms with E-state index >= 15 is 0 Å². The van der Waals surface area contributed by atoms with E-state index in [1.165, 1.54) is 12.1 Å². The molecule has 3 N–H and O–H groups in total. The molecule has 2 aliphatic rings. The number of ether oxygens (including phenoxy) is 3.